The molecule has 0 radical (unpaired) electrons. The Balaban J connectivity index is 0.00000169. The maximum atomic E-state index is 11.2. The molecular formula is C7H4Cl2NNaO3. The van der Waals surface area contributed by atoms with Gasteiger partial charge in [0.2, 0.25) is 0 Å². The van der Waals surface area contributed by atoms with Crippen LogP contribution in [0.3, 0.4) is 0 Å². The summed E-state index contributed by atoms with van der Waals surface area (Å²) in [6.07, 6.45) is 0. The average Bonchev–Trinajstić information content (AvgIpc) is 2.07. The molecule has 0 N–H and O–H groups in total. The Hall–Kier alpha value is 0. The molecule has 0 aliphatic rings. The standard InChI is InChI=1S/C7H5Cl2NO3.Na/c1-3-4(8)2-5(10(12)13)7(11)6(3)9;/h2,11H,1H3;/q;+1/p-1. The Labute approximate surface area is 112 Å². The first kappa shape index (κ1) is 14.0. The molecule has 7 heteroatoms. The zero-order chi connectivity index (χ0) is 10.2. The first-order valence-electron chi connectivity index (χ1n) is 3.25. The molecule has 0 amide bonds. The van der Waals surface area contributed by atoms with Crippen molar-refractivity contribution in [1.82, 2.24) is 0 Å². The van der Waals surface area contributed by atoms with Gasteiger partial charge in [0.1, 0.15) is 0 Å². The Kier molecular flexibility index (Phi) is 5.19. The van der Waals surface area contributed by atoms with Crippen molar-refractivity contribution in [3.8, 4) is 5.75 Å². The van der Waals surface area contributed by atoms with Crippen LogP contribution >= 0.6 is 23.2 Å². The fourth-order valence-corrected chi connectivity index (χ4v) is 1.26. The van der Waals surface area contributed by atoms with Crippen LogP contribution in [0.25, 0.3) is 0 Å². The van der Waals surface area contributed by atoms with Crippen molar-refractivity contribution < 1.29 is 39.6 Å². The number of nitro groups is 1. The van der Waals surface area contributed by atoms with E-state index in [1.54, 1.807) is 0 Å². The second-order valence-electron chi connectivity index (χ2n) is 2.40. The molecule has 0 bridgehead atoms. The molecule has 1 rings (SSSR count). The normalized spacial score (nSPS) is 9.36. The van der Waals surface area contributed by atoms with E-state index in [1.807, 2.05) is 0 Å². The van der Waals surface area contributed by atoms with Gasteiger partial charge in [-0.2, -0.15) is 0 Å². The Bertz CT molecular complexity index is 384. The molecule has 0 saturated heterocycles. The number of hydrogen-bond acceptors (Lipinski definition) is 3. The molecule has 0 fully saturated rings. The molecule has 0 aliphatic heterocycles. The fourth-order valence-electron chi connectivity index (χ4n) is 0.817. The summed E-state index contributed by atoms with van der Waals surface area (Å²) >= 11 is 11.1. The minimum absolute atomic E-state index is 0. The van der Waals surface area contributed by atoms with Gasteiger partial charge in [-0.1, -0.05) is 23.2 Å². The van der Waals surface area contributed by atoms with E-state index < -0.39 is 16.4 Å². The molecule has 0 saturated carbocycles. The third-order valence-corrected chi connectivity index (χ3v) is 2.43. The SMILES string of the molecule is Cc1c(Cl)cc([N+](=O)[O-])c([O-])c1Cl.[Na+]. The minimum Gasteiger partial charge on any atom is -0.867 e. The van der Waals surface area contributed by atoms with Crippen LogP contribution in [0.5, 0.6) is 5.75 Å². The molecule has 0 atom stereocenters. The number of nitro benzene ring substituents is 1. The predicted octanol–water partition coefficient (Wildman–Crippen LogP) is -0.712. The molecule has 1 aromatic rings. The summed E-state index contributed by atoms with van der Waals surface area (Å²) in [4.78, 5) is 9.52. The van der Waals surface area contributed by atoms with Gasteiger partial charge >= 0.3 is 29.6 Å². The van der Waals surface area contributed by atoms with Crippen LogP contribution in [-0.2, 0) is 0 Å². The van der Waals surface area contributed by atoms with Crippen LogP contribution in [0.1, 0.15) is 5.56 Å². The molecule has 0 aliphatic carbocycles. The first-order valence-corrected chi connectivity index (χ1v) is 4.00. The molecule has 0 spiro atoms. The summed E-state index contributed by atoms with van der Waals surface area (Å²) < 4.78 is 0. The van der Waals surface area contributed by atoms with E-state index in [1.165, 1.54) is 6.92 Å². The zero-order valence-corrected chi connectivity index (χ0v) is 11.0. The van der Waals surface area contributed by atoms with E-state index in [9.17, 15) is 15.2 Å². The molecular weight excluding hydrogens is 240 g/mol. The third-order valence-electron chi connectivity index (χ3n) is 1.58. The largest absolute Gasteiger partial charge is 1.00 e. The summed E-state index contributed by atoms with van der Waals surface area (Å²) in [5.74, 6) is -0.798. The van der Waals surface area contributed by atoms with Crippen LogP contribution in [0, 0.1) is 17.0 Å². The van der Waals surface area contributed by atoms with Crippen molar-refractivity contribution in [2.24, 2.45) is 0 Å². The maximum absolute atomic E-state index is 11.2. The van der Waals surface area contributed by atoms with Gasteiger partial charge in [-0.05, 0) is 18.2 Å². The van der Waals surface area contributed by atoms with Crippen molar-refractivity contribution in [3.05, 3.63) is 31.8 Å². The van der Waals surface area contributed by atoms with Crippen molar-refractivity contribution in [2.45, 2.75) is 6.92 Å². The summed E-state index contributed by atoms with van der Waals surface area (Å²) in [6, 6.07) is 1.01. The van der Waals surface area contributed by atoms with Crippen LogP contribution in [0.4, 0.5) is 5.69 Å². The molecule has 1 aromatic carbocycles. The van der Waals surface area contributed by atoms with Gasteiger partial charge in [-0.15, -0.1) is 0 Å². The van der Waals surface area contributed by atoms with E-state index >= 15 is 0 Å². The number of nitrogens with zero attached hydrogens (tertiary/aromatic N) is 1. The van der Waals surface area contributed by atoms with Gasteiger partial charge in [0, 0.05) is 11.1 Å². The maximum Gasteiger partial charge on any atom is 1.00 e. The van der Waals surface area contributed by atoms with Crippen LogP contribution in [-0.4, -0.2) is 4.92 Å². The van der Waals surface area contributed by atoms with Crippen LogP contribution < -0.4 is 34.7 Å². The van der Waals surface area contributed by atoms with Gasteiger partial charge in [0.25, 0.3) is 5.69 Å². The molecule has 0 unspecified atom stereocenters. The van der Waals surface area contributed by atoms with E-state index in [0.29, 0.717) is 5.56 Å². The summed E-state index contributed by atoms with van der Waals surface area (Å²) in [6.45, 7) is 1.52. The van der Waals surface area contributed by atoms with E-state index in [2.05, 4.69) is 0 Å². The van der Waals surface area contributed by atoms with Crippen LogP contribution in [0.2, 0.25) is 10.0 Å². The quantitative estimate of drug-likeness (QED) is 0.372. The second-order valence-corrected chi connectivity index (χ2v) is 3.19. The van der Waals surface area contributed by atoms with Crippen molar-refractivity contribution in [2.75, 3.05) is 0 Å². The molecule has 14 heavy (non-hydrogen) atoms. The van der Waals surface area contributed by atoms with E-state index in [0.717, 1.165) is 6.07 Å². The topological polar surface area (TPSA) is 66.2 Å². The fraction of sp³-hybridized carbons (Fsp3) is 0.143. The Morgan fingerprint density at radius 3 is 2.36 bits per heavy atom. The Morgan fingerprint density at radius 1 is 1.43 bits per heavy atom. The molecule has 4 nitrogen and oxygen atoms in total. The van der Waals surface area contributed by atoms with E-state index in [-0.39, 0.29) is 39.6 Å². The minimum atomic E-state index is -0.806. The molecule has 0 aromatic heterocycles. The second kappa shape index (κ2) is 5.19. The third kappa shape index (κ3) is 2.52. The number of benzene rings is 1. The summed E-state index contributed by atoms with van der Waals surface area (Å²) in [5, 5.41) is 21.4. The average molecular weight is 244 g/mol. The van der Waals surface area contributed by atoms with E-state index in [4.69, 9.17) is 23.2 Å². The van der Waals surface area contributed by atoms with Crippen molar-refractivity contribution in [1.29, 1.82) is 0 Å². The van der Waals surface area contributed by atoms with Gasteiger partial charge in [-0.25, -0.2) is 0 Å². The first-order chi connectivity index (χ1) is 5.95. The number of halogens is 2. The Morgan fingerprint density at radius 2 is 1.93 bits per heavy atom. The van der Waals surface area contributed by atoms with Gasteiger partial charge < -0.3 is 5.11 Å². The number of hydrogen-bond donors (Lipinski definition) is 0. The van der Waals surface area contributed by atoms with Crippen molar-refractivity contribution >= 4 is 28.9 Å². The monoisotopic (exact) mass is 243 g/mol. The van der Waals surface area contributed by atoms with Crippen molar-refractivity contribution in [3.63, 3.8) is 0 Å². The van der Waals surface area contributed by atoms with Crippen LogP contribution in [0.15, 0.2) is 6.07 Å². The smallest absolute Gasteiger partial charge is 0.867 e. The number of rotatable bonds is 1. The van der Waals surface area contributed by atoms with Gasteiger partial charge in [0.15, 0.2) is 0 Å². The van der Waals surface area contributed by atoms with Gasteiger partial charge in [-0.3, -0.25) is 10.1 Å². The summed E-state index contributed by atoms with van der Waals surface area (Å²) in [5.41, 5.74) is -0.237. The predicted molar refractivity (Wildman–Crippen MR) is 47.3 cm³/mol. The summed E-state index contributed by atoms with van der Waals surface area (Å²) in [7, 11) is 0. The zero-order valence-electron chi connectivity index (χ0n) is 7.51. The molecule has 70 valence electrons. The van der Waals surface area contributed by atoms with Gasteiger partial charge in [0.05, 0.1) is 9.95 Å². The molecule has 0 heterocycles.